The van der Waals surface area contributed by atoms with Crippen molar-refractivity contribution in [2.75, 3.05) is 6.54 Å². The first kappa shape index (κ1) is 29.3. The van der Waals surface area contributed by atoms with Crippen molar-refractivity contribution in [3.8, 4) is 11.1 Å². The first-order valence-electron chi connectivity index (χ1n) is 10.7. The predicted octanol–water partition coefficient (Wildman–Crippen LogP) is 1.92. The van der Waals surface area contributed by atoms with Gasteiger partial charge in [-0.3, -0.25) is 0 Å². The van der Waals surface area contributed by atoms with E-state index in [9.17, 15) is 21.4 Å². The summed E-state index contributed by atoms with van der Waals surface area (Å²) in [5.74, 6) is 0.134. The fourth-order valence-electron chi connectivity index (χ4n) is 3.72. The number of halogens is 1. The summed E-state index contributed by atoms with van der Waals surface area (Å²) in [6, 6.07) is 15.5. The standard InChI is InChI=1S/C24H28ClNO5S2.Na/c1-17(2)19-8-12-22-20(15-24(33(29,30)31)23(22)13-9-19)5-3-4-14-26-32(27,28)16-18-6-10-21(25)11-7-18;/h6-13,15,17,26H,3-5,14,16H2,1-2H3,(H,29,30,31);/q;+1/p-1. The molecule has 2 aliphatic carbocycles. The van der Waals surface area contributed by atoms with Crippen LogP contribution in [-0.4, -0.2) is 27.9 Å². The molecule has 1 aromatic carbocycles. The van der Waals surface area contributed by atoms with Crippen LogP contribution in [0.1, 0.15) is 49.3 Å². The van der Waals surface area contributed by atoms with Gasteiger partial charge < -0.3 is 4.55 Å². The molecular weight excluding hydrogens is 505 g/mol. The van der Waals surface area contributed by atoms with Gasteiger partial charge in [-0.15, -0.1) is 0 Å². The Bertz CT molecular complexity index is 1290. The average molecular weight is 532 g/mol. The summed E-state index contributed by atoms with van der Waals surface area (Å²) >= 11 is 5.83. The molecule has 1 aromatic rings. The van der Waals surface area contributed by atoms with Crippen molar-refractivity contribution in [2.45, 2.75) is 49.7 Å². The van der Waals surface area contributed by atoms with Gasteiger partial charge in [-0.05, 0) is 71.2 Å². The Balaban J connectivity index is 0.00000408. The Hall–Kier alpha value is -0.970. The molecule has 0 spiro atoms. The number of sulfonamides is 1. The molecule has 0 fully saturated rings. The van der Waals surface area contributed by atoms with Gasteiger partial charge >= 0.3 is 29.6 Å². The van der Waals surface area contributed by atoms with E-state index in [2.05, 4.69) is 4.72 Å². The number of rotatable bonds is 10. The summed E-state index contributed by atoms with van der Waals surface area (Å²) in [7, 11) is -8.09. The van der Waals surface area contributed by atoms with Crippen LogP contribution in [0, 0.1) is 0 Å². The molecule has 0 unspecified atom stereocenters. The van der Waals surface area contributed by atoms with E-state index < -0.39 is 20.1 Å². The van der Waals surface area contributed by atoms with Crippen LogP contribution in [0.25, 0.3) is 11.1 Å². The van der Waals surface area contributed by atoms with Crippen LogP contribution in [0.3, 0.4) is 0 Å². The minimum absolute atomic E-state index is 0. The minimum atomic E-state index is -4.61. The summed E-state index contributed by atoms with van der Waals surface area (Å²) in [6.45, 7) is 4.35. The second kappa shape index (κ2) is 12.3. The Morgan fingerprint density at radius 1 is 0.912 bits per heavy atom. The van der Waals surface area contributed by atoms with E-state index in [-0.39, 0.29) is 52.7 Å². The minimum Gasteiger partial charge on any atom is -0.744 e. The summed E-state index contributed by atoms with van der Waals surface area (Å²) in [5.41, 5.74) is 3.63. The maximum Gasteiger partial charge on any atom is 1.00 e. The van der Waals surface area contributed by atoms with Crippen LogP contribution in [0.2, 0.25) is 5.02 Å². The maximum atomic E-state index is 12.3. The summed E-state index contributed by atoms with van der Waals surface area (Å²) < 4.78 is 62.5. The van der Waals surface area contributed by atoms with Crippen molar-refractivity contribution in [3.05, 3.63) is 76.3 Å². The second-order valence-corrected chi connectivity index (χ2v) is 12.0. The SMILES string of the molecule is CC(C)c1ccc2c(CCCCNS(=O)(=O)Cc3ccc(Cl)cc3)cc(S(=O)(=O)[O-])c-2cc1.[Na+]. The van der Waals surface area contributed by atoms with Gasteiger partial charge in [0.15, 0.2) is 0 Å². The van der Waals surface area contributed by atoms with Crippen LogP contribution in [0.5, 0.6) is 0 Å². The first-order valence-corrected chi connectivity index (χ1v) is 14.1. The Labute approximate surface area is 229 Å². The van der Waals surface area contributed by atoms with Crippen LogP contribution < -0.4 is 34.3 Å². The molecule has 34 heavy (non-hydrogen) atoms. The van der Waals surface area contributed by atoms with Crippen LogP contribution >= 0.6 is 11.6 Å². The third kappa shape index (κ3) is 8.03. The summed E-state index contributed by atoms with van der Waals surface area (Å²) in [6.07, 6.45) is 1.74. The van der Waals surface area contributed by atoms with Crippen LogP contribution in [0.15, 0.2) is 59.5 Å². The van der Waals surface area contributed by atoms with Gasteiger partial charge in [-0.1, -0.05) is 61.8 Å². The van der Waals surface area contributed by atoms with Gasteiger partial charge in [0.2, 0.25) is 10.0 Å². The normalized spacial score (nSPS) is 12.1. The van der Waals surface area contributed by atoms with E-state index in [1.165, 1.54) is 6.07 Å². The van der Waals surface area contributed by atoms with Gasteiger partial charge in [0, 0.05) is 11.6 Å². The molecule has 10 heteroatoms. The second-order valence-electron chi connectivity index (χ2n) is 8.37. The van der Waals surface area contributed by atoms with E-state index in [1.54, 1.807) is 30.3 Å². The molecule has 0 aliphatic heterocycles. The van der Waals surface area contributed by atoms with Gasteiger partial charge in [-0.25, -0.2) is 21.6 Å². The van der Waals surface area contributed by atoms with Gasteiger partial charge in [0.05, 0.1) is 10.6 Å². The van der Waals surface area contributed by atoms with Crippen molar-refractivity contribution >= 4 is 31.7 Å². The van der Waals surface area contributed by atoms with Crippen molar-refractivity contribution in [1.29, 1.82) is 0 Å². The van der Waals surface area contributed by atoms with Gasteiger partial charge in [-0.2, -0.15) is 0 Å². The number of hydrogen-bond acceptors (Lipinski definition) is 5. The van der Waals surface area contributed by atoms with Crippen LogP contribution in [-0.2, 0) is 32.3 Å². The zero-order valence-electron chi connectivity index (χ0n) is 19.5. The molecule has 0 atom stereocenters. The Kier molecular flexibility index (Phi) is 10.6. The number of aryl methyl sites for hydroxylation is 1. The van der Waals surface area contributed by atoms with Crippen molar-refractivity contribution in [2.24, 2.45) is 0 Å². The number of unbranched alkanes of at least 4 members (excludes halogenated alkanes) is 1. The molecule has 0 radical (unpaired) electrons. The largest absolute Gasteiger partial charge is 1.00 e. The summed E-state index contributed by atoms with van der Waals surface area (Å²) in [4.78, 5) is -0.206. The topological polar surface area (TPSA) is 103 Å². The predicted molar refractivity (Wildman–Crippen MR) is 130 cm³/mol. The molecule has 0 aromatic heterocycles. The van der Waals surface area contributed by atoms with E-state index in [0.717, 1.165) is 16.7 Å². The number of hydrogen-bond donors (Lipinski definition) is 1. The fraction of sp³-hybridized carbons (Fsp3) is 0.333. The van der Waals surface area contributed by atoms with Crippen molar-refractivity contribution in [1.82, 2.24) is 4.72 Å². The molecular formula is C24H27ClNNaO5S2. The molecule has 0 amide bonds. The van der Waals surface area contributed by atoms with E-state index >= 15 is 0 Å². The smallest absolute Gasteiger partial charge is 0.744 e. The number of fused-ring (bicyclic) bond motifs is 1. The van der Waals surface area contributed by atoms with E-state index in [0.29, 0.717) is 35.4 Å². The molecule has 178 valence electrons. The molecule has 1 N–H and O–H groups in total. The third-order valence-electron chi connectivity index (χ3n) is 5.49. The summed E-state index contributed by atoms with van der Waals surface area (Å²) in [5, 5.41) is 0.547. The molecule has 6 nitrogen and oxygen atoms in total. The molecule has 2 aliphatic rings. The Morgan fingerprint density at radius 2 is 1.53 bits per heavy atom. The van der Waals surface area contributed by atoms with E-state index in [1.807, 2.05) is 32.0 Å². The van der Waals surface area contributed by atoms with E-state index in [4.69, 9.17) is 11.6 Å². The van der Waals surface area contributed by atoms with Crippen molar-refractivity contribution in [3.63, 3.8) is 0 Å². The quantitative estimate of drug-likeness (QED) is 0.244. The molecule has 0 bridgehead atoms. The monoisotopic (exact) mass is 531 g/mol. The average Bonchev–Trinajstić information content (AvgIpc) is 2.92. The third-order valence-corrected chi connectivity index (χ3v) is 7.98. The van der Waals surface area contributed by atoms with Gasteiger partial charge in [0.25, 0.3) is 0 Å². The molecule has 0 heterocycles. The van der Waals surface area contributed by atoms with Gasteiger partial charge in [0.1, 0.15) is 10.1 Å². The number of benzene rings is 1. The maximum absolute atomic E-state index is 12.3. The number of nitrogens with one attached hydrogen (secondary N) is 1. The zero-order chi connectivity index (χ0) is 24.2. The molecule has 3 rings (SSSR count). The molecule has 0 saturated heterocycles. The Morgan fingerprint density at radius 3 is 2.12 bits per heavy atom. The molecule has 0 saturated carbocycles. The van der Waals surface area contributed by atoms with Crippen LogP contribution in [0.4, 0.5) is 0 Å². The first-order chi connectivity index (χ1) is 15.5. The fourth-order valence-corrected chi connectivity index (χ4v) is 5.77. The van der Waals surface area contributed by atoms with Crippen molar-refractivity contribution < 1.29 is 50.9 Å². The zero-order valence-corrected chi connectivity index (χ0v) is 23.9.